The Balaban J connectivity index is 2.64. The van der Waals surface area contributed by atoms with Crippen molar-refractivity contribution in [1.29, 1.82) is 0 Å². The lowest BCUT2D eigenvalue weighted by atomic mass is 10.1. The van der Waals surface area contributed by atoms with Crippen LogP contribution in [0.5, 0.6) is 0 Å². The molecule has 0 radical (unpaired) electrons. The third-order valence-corrected chi connectivity index (χ3v) is 2.59. The van der Waals surface area contributed by atoms with Gasteiger partial charge in [0.15, 0.2) is 0 Å². The van der Waals surface area contributed by atoms with Gasteiger partial charge in [0.25, 0.3) is 0 Å². The predicted octanol–water partition coefficient (Wildman–Crippen LogP) is 1.86. The van der Waals surface area contributed by atoms with Gasteiger partial charge in [-0.25, -0.2) is 0 Å². The molecule has 1 atom stereocenters. The quantitative estimate of drug-likeness (QED) is 0.748. The van der Waals surface area contributed by atoms with Crippen LogP contribution in [0.4, 0.5) is 5.69 Å². The number of hydrogen-bond acceptors (Lipinski definition) is 3. The van der Waals surface area contributed by atoms with E-state index < -0.39 is 0 Å². The van der Waals surface area contributed by atoms with Gasteiger partial charge in [-0.15, -0.1) is 0 Å². The van der Waals surface area contributed by atoms with E-state index in [1.54, 1.807) is 0 Å². The normalized spacial score (nSPS) is 13.4. The molecular weight excluding hydrogens is 200 g/mol. The zero-order chi connectivity index (χ0) is 12.1. The lowest BCUT2D eigenvalue weighted by Crippen LogP contribution is -2.36. The number of benzene rings is 1. The SMILES string of the molecule is CC(O)CN(Cc1ccc(N)cc1)C(C)C. The molecule has 3 heteroatoms. The second kappa shape index (κ2) is 5.87. The summed E-state index contributed by atoms with van der Waals surface area (Å²) in [6.45, 7) is 7.64. The summed E-state index contributed by atoms with van der Waals surface area (Å²) in [6, 6.07) is 8.32. The lowest BCUT2D eigenvalue weighted by molar-refractivity contribution is 0.103. The summed E-state index contributed by atoms with van der Waals surface area (Å²) < 4.78 is 0. The summed E-state index contributed by atoms with van der Waals surface area (Å²) >= 11 is 0. The predicted molar refractivity (Wildman–Crippen MR) is 68.1 cm³/mol. The lowest BCUT2D eigenvalue weighted by Gasteiger charge is -2.27. The van der Waals surface area contributed by atoms with Gasteiger partial charge in [0.1, 0.15) is 0 Å². The maximum absolute atomic E-state index is 9.43. The molecule has 16 heavy (non-hydrogen) atoms. The highest BCUT2D eigenvalue weighted by molar-refractivity contribution is 5.39. The van der Waals surface area contributed by atoms with Crippen molar-refractivity contribution >= 4 is 5.69 Å². The number of nitrogen functional groups attached to an aromatic ring is 1. The van der Waals surface area contributed by atoms with Crippen LogP contribution in [0.25, 0.3) is 0 Å². The van der Waals surface area contributed by atoms with E-state index in [0.29, 0.717) is 12.6 Å². The van der Waals surface area contributed by atoms with Crippen molar-refractivity contribution < 1.29 is 5.11 Å². The Morgan fingerprint density at radius 3 is 2.19 bits per heavy atom. The van der Waals surface area contributed by atoms with E-state index in [1.165, 1.54) is 5.56 Å². The summed E-state index contributed by atoms with van der Waals surface area (Å²) in [4.78, 5) is 2.25. The van der Waals surface area contributed by atoms with E-state index in [2.05, 4.69) is 18.7 Å². The van der Waals surface area contributed by atoms with Gasteiger partial charge in [-0.1, -0.05) is 12.1 Å². The first-order valence-corrected chi connectivity index (χ1v) is 5.75. The molecule has 0 saturated heterocycles. The van der Waals surface area contributed by atoms with Crippen LogP contribution in [0.2, 0.25) is 0 Å². The Morgan fingerprint density at radius 1 is 1.19 bits per heavy atom. The van der Waals surface area contributed by atoms with E-state index in [-0.39, 0.29) is 6.10 Å². The van der Waals surface area contributed by atoms with E-state index in [1.807, 2.05) is 31.2 Å². The minimum Gasteiger partial charge on any atom is -0.399 e. The first-order chi connectivity index (χ1) is 7.49. The zero-order valence-electron chi connectivity index (χ0n) is 10.4. The third kappa shape index (κ3) is 4.21. The molecule has 0 aliphatic heterocycles. The van der Waals surface area contributed by atoms with Gasteiger partial charge in [0.2, 0.25) is 0 Å². The van der Waals surface area contributed by atoms with Crippen LogP contribution in [-0.4, -0.2) is 28.7 Å². The van der Waals surface area contributed by atoms with Gasteiger partial charge in [-0.05, 0) is 38.5 Å². The van der Waals surface area contributed by atoms with Gasteiger partial charge >= 0.3 is 0 Å². The molecule has 1 rings (SSSR count). The molecule has 1 aromatic carbocycles. The first kappa shape index (κ1) is 13.0. The van der Waals surface area contributed by atoms with Crippen molar-refractivity contribution in [2.45, 2.75) is 39.5 Å². The van der Waals surface area contributed by atoms with Crippen LogP contribution in [0.3, 0.4) is 0 Å². The number of aliphatic hydroxyl groups excluding tert-OH is 1. The highest BCUT2D eigenvalue weighted by Crippen LogP contribution is 2.11. The van der Waals surface area contributed by atoms with E-state index in [4.69, 9.17) is 5.73 Å². The van der Waals surface area contributed by atoms with Crippen molar-refractivity contribution in [1.82, 2.24) is 4.90 Å². The molecule has 0 fully saturated rings. The smallest absolute Gasteiger partial charge is 0.0639 e. The molecule has 0 aliphatic rings. The Labute approximate surface area is 97.9 Å². The largest absolute Gasteiger partial charge is 0.399 e. The Bertz CT molecular complexity index is 306. The fourth-order valence-corrected chi connectivity index (χ4v) is 1.65. The van der Waals surface area contributed by atoms with Crippen molar-refractivity contribution in [3.05, 3.63) is 29.8 Å². The van der Waals surface area contributed by atoms with Crippen molar-refractivity contribution in [2.24, 2.45) is 0 Å². The number of nitrogens with two attached hydrogens (primary N) is 1. The van der Waals surface area contributed by atoms with Gasteiger partial charge in [-0.2, -0.15) is 0 Å². The van der Waals surface area contributed by atoms with E-state index in [9.17, 15) is 5.11 Å². The Morgan fingerprint density at radius 2 is 1.75 bits per heavy atom. The maximum Gasteiger partial charge on any atom is 0.0639 e. The molecule has 0 amide bonds. The van der Waals surface area contributed by atoms with Crippen LogP contribution in [0, 0.1) is 0 Å². The molecule has 0 saturated carbocycles. The first-order valence-electron chi connectivity index (χ1n) is 5.75. The monoisotopic (exact) mass is 222 g/mol. The minimum atomic E-state index is -0.295. The minimum absolute atomic E-state index is 0.295. The fraction of sp³-hybridized carbons (Fsp3) is 0.538. The molecule has 3 N–H and O–H groups in total. The molecule has 3 nitrogen and oxygen atoms in total. The van der Waals surface area contributed by atoms with Crippen LogP contribution >= 0.6 is 0 Å². The molecule has 0 bridgehead atoms. The highest BCUT2D eigenvalue weighted by Gasteiger charge is 2.12. The fourth-order valence-electron chi connectivity index (χ4n) is 1.65. The number of nitrogens with zero attached hydrogens (tertiary/aromatic N) is 1. The molecular formula is C13H22N2O. The molecule has 1 unspecified atom stereocenters. The summed E-state index contributed by atoms with van der Waals surface area (Å²) in [5, 5.41) is 9.43. The summed E-state index contributed by atoms with van der Waals surface area (Å²) in [5.41, 5.74) is 7.66. The third-order valence-electron chi connectivity index (χ3n) is 2.59. The van der Waals surface area contributed by atoms with E-state index in [0.717, 1.165) is 12.2 Å². The van der Waals surface area contributed by atoms with Crippen molar-refractivity contribution in [2.75, 3.05) is 12.3 Å². The highest BCUT2D eigenvalue weighted by atomic mass is 16.3. The van der Waals surface area contributed by atoms with Gasteiger partial charge < -0.3 is 10.8 Å². The van der Waals surface area contributed by atoms with Crippen molar-refractivity contribution in [3.63, 3.8) is 0 Å². The molecule has 0 aromatic heterocycles. The second-order valence-electron chi connectivity index (χ2n) is 4.61. The molecule has 0 heterocycles. The van der Waals surface area contributed by atoms with Crippen LogP contribution in [0.1, 0.15) is 26.3 Å². The number of hydrogen-bond donors (Lipinski definition) is 2. The second-order valence-corrected chi connectivity index (χ2v) is 4.61. The Kier molecular flexibility index (Phi) is 4.77. The standard InChI is InChI=1S/C13H22N2O/c1-10(2)15(8-11(3)16)9-12-4-6-13(14)7-5-12/h4-7,10-11,16H,8-9,14H2,1-3H3. The number of rotatable bonds is 5. The molecule has 1 aromatic rings. The summed E-state index contributed by atoms with van der Waals surface area (Å²) in [7, 11) is 0. The van der Waals surface area contributed by atoms with Crippen LogP contribution in [0.15, 0.2) is 24.3 Å². The summed E-state index contributed by atoms with van der Waals surface area (Å²) in [6.07, 6.45) is -0.295. The van der Waals surface area contributed by atoms with E-state index >= 15 is 0 Å². The van der Waals surface area contributed by atoms with Crippen LogP contribution in [-0.2, 0) is 6.54 Å². The van der Waals surface area contributed by atoms with Gasteiger partial charge in [-0.3, -0.25) is 4.90 Å². The number of aliphatic hydroxyl groups is 1. The molecule has 0 aliphatic carbocycles. The average Bonchev–Trinajstić information content (AvgIpc) is 2.19. The zero-order valence-corrected chi connectivity index (χ0v) is 10.4. The van der Waals surface area contributed by atoms with Crippen LogP contribution < -0.4 is 5.73 Å². The summed E-state index contributed by atoms with van der Waals surface area (Å²) in [5.74, 6) is 0. The Hall–Kier alpha value is -1.06. The molecule has 90 valence electrons. The average molecular weight is 222 g/mol. The van der Waals surface area contributed by atoms with Crippen molar-refractivity contribution in [3.8, 4) is 0 Å². The number of anilines is 1. The molecule has 0 spiro atoms. The topological polar surface area (TPSA) is 49.5 Å². The van der Waals surface area contributed by atoms with Gasteiger partial charge in [0.05, 0.1) is 6.10 Å². The maximum atomic E-state index is 9.43. The van der Waals surface area contributed by atoms with Gasteiger partial charge in [0, 0.05) is 24.8 Å².